The maximum Gasteiger partial charge on any atom is 0.261 e. The summed E-state index contributed by atoms with van der Waals surface area (Å²) in [5.41, 5.74) is 0. The van der Waals surface area contributed by atoms with E-state index in [0.29, 0.717) is 30.3 Å². The summed E-state index contributed by atoms with van der Waals surface area (Å²) in [5.74, 6) is 0.0129. The molecule has 2 rings (SSSR count). The van der Waals surface area contributed by atoms with E-state index in [0.717, 1.165) is 16.6 Å². The molecule has 1 aliphatic rings. The lowest BCUT2D eigenvalue weighted by Crippen LogP contribution is -2.28. The van der Waals surface area contributed by atoms with Gasteiger partial charge in [0.25, 0.3) is 5.91 Å². The fraction of sp³-hybridized carbons (Fsp3) is 0.500. The summed E-state index contributed by atoms with van der Waals surface area (Å²) in [7, 11) is 0. The van der Waals surface area contributed by atoms with Crippen molar-refractivity contribution >= 4 is 39.1 Å². The van der Waals surface area contributed by atoms with Gasteiger partial charge in [-0.15, -0.1) is 11.3 Å². The van der Waals surface area contributed by atoms with E-state index in [4.69, 9.17) is 0 Å². The SMILES string of the molecule is O=C(CCCNC(=O)c1ccc(Br)s1)NC1CC1. The summed E-state index contributed by atoms with van der Waals surface area (Å²) in [6.07, 6.45) is 3.37. The monoisotopic (exact) mass is 330 g/mol. The van der Waals surface area contributed by atoms with Crippen LogP contribution >= 0.6 is 27.3 Å². The van der Waals surface area contributed by atoms with Gasteiger partial charge in [-0.05, 0) is 47.3 Å². The number of halogens is 1. The first-order valence-corrected chi connectivity index (χ1v) is 7.59. The quantitative estimate of drug-likeness (QED) is 0.786. The second-order valence-corrected chi connectivity index (χ2v) is 6.77. The van der Waals surface area contributed by atoms with Gasteiger partial charge in [0, 0.05) is 19.0 Å². The largest absolute Gasteiger partial charge is 0.353 e. The van der Waals surface area contributed by atoms with Crippen molar-refractivity contribution in [3.63, 3.8) is 0 Å². The predicted octanol–water partition coefficient (Wildman–Crippen LogP) is 2.30. The van der Waals surface area contributed by atoms with E-state index in [-0.39, 0.29) is 11.8 Å². The van der Waals surface area contributed by atoms with E-state index in [1.54, 1.807) is 6.07 Å². The van der Waals surface area contributed by atoms with Gasteiger partial charge >= 0.3 is 0 Å². The third kappa shape index (κ3) is 4.42. The van der Waals surface area contributed by atoms with Crippen molar-refractivity contribution in [3.8, 4) is 0 Å². The Hall–Kier alpha value is -0.880. The number of rotatable bonds is 6. The summed E-state index contributed by atoms with van der Waals surface area (Å²) in [6, 6.07) is 4.04. The van der Waals surface area contributed by atoms with Crippen LogP contribution in [0.3, 0.4) is 0 Å². The van der Waals surface area contributed by atoms with Gasteiger partial charge < -0.3 is 10.6 Å². The van der Waals surface area contributed by atoms with Gasteiger partial charge in [0.15, 0.2) is 0 Å². The highest BCUT2D eigenvalue weighted by Crippen LogP contribution is 2.21. The number of carbonyl (C=O) groups excluding carboxylic acids is 2. The van der Waals surface area contributed by atoms with Crippen molar-refractivity contribution < 1.29 is 9.59 Å². The van der Waals surface area contributed by atoms with Gasteiger partial charge in [0.2, 0.25) is 5.91 Å². The molecule has 18 heavy (non-hydrogen) atoms. The molecule has 0 bridgehead atoms. The zero-order valence-electron chi connectivity index (χ0n) is 9.87. The van der Waals surface area contributed by atoms with Crippen LogP contribution in [-0.4, -0.2) is 24.4 Å². The lowest BCUT2D eigenvalue weighted by atomic mass is 10.3. The molecule has 0 radical (unpaired) electrons. The van der Waals surface area contributed by atoms with Crippen LogP contribution in [0.25, 0.3) is 0 Å². The van der Waals surface area contributed by atoms with E-state index in [9.17, 15) is 9.59 Å². The minimum Gasteiger partial charge on any atom is -0.353 e. The van der Waals surface area contributed by atoms with Crippen LogP contribution in [0, 0.1) is 0 Å². The van der Waals surface area contributed by atoms with Crippen LogP contribution in [0.15, 0.2) is 15.9 Å². The molecule has 1 fully saturated rings. The number of carbonyl (C=O) groups is 2. The highest BCUT2D eigenvalue weighted by atomic mass is 79.9. The zero-order chi connectivity index (χ0) is 13.0. The Kier molecular flexibility index (Phi) is 4.77. The number of thiophene rings is 1. The minimum atomic E-state index is -0.0756. The highest BCUT2D eigenvalue weighted by Gasteiger charge is 2.22. The minimum absolute atomic E-state index is 0.0756. The number of hydrogen-bond donors (Lipinski definition) is 2. The molecule has 1 saturated carbocycles. The standard InChI is InChI=1S/C12H15BrN2O2S/c13-10-6-5-9(18-10)12(17)14-7-1-2-11(16)15-8-3-4-8/h5-6,8H,1-4,7H2,(H,14,17)(H,15,16). The van der Waals surface area contributed by atoms with Crippen LogP contribution in [-0.2, 0) is 4.79 Å². The van der Waals surface area contributed by atoms with Crippen LogP contribution < -0.4 is 10.6 Å². The number of nitrogens with one attached hydrogen (secondary N) is 2. The Morgan fingerprint density at radius 2 is 2.17 bits per heavy atom. The van der Waals surface area contributed by atoms with Crippen LogP contribution in [0.4, 0.5) is 0 Å². The first kappa shape index (κ1) is 13.5. The maximum atomic E-state index is 11.7. The molecule has 1 aliphatic carbocycles. The summed E-state index contributed by atoms with van der Waals surface area (Å²) in [6.45, 7) is 0.534. The highest BCUT2D eigenvalue weighted by molar-refractivity contribution is 9.11. The van der Waals surface area contributed by atoms with E-state index < -0.39 is 0 Å². The van der Waals surface area contributed by atoms with Crippen molar-refractivity contribution in [2.24, 2.45) is 0 Å². The molecule has 0 saturated heterocycles. The first-order chi connectivity index (χ1) is 8.65. The molecule has 0 aromatic carbocycles. The third-order valence-corrected chi connectivity index (χ3v) is 4.23. The number of hydrogen-bond acceptors (Lipinski definition) is 3. The van der Waals surface area contributed by atoms with E-state index in [2.05, 4.69) is 26.6 Å². The van der Waals surface area contributed by atoms with E-state index >= 15 is 0 Å². The lowest BCUT2D eigenvalue weighted by Gasteiger charge is -2.04. The van der Waals surface area contributed by atoms with Crippen LogP contribution in [0.2, 0.25) is 0 Å². The van der Waals surface area contributed by atoms with Gasteiger partial charge in [-0.1, -0.05) is 0 Å². The molecular formula is C12H15BrN2O2S. The average Bonchev–Trinajstić information content (AvgIpc) is 3.03. The summed E-state index contributed by atoms with van der Waals surface area (Å²) < 4.78 is 0.941. The van der Waals surface area contributed by atoms with Gasteiger partial charge in [-0.3, -0.25) is 9.59 Å². The predicted molar refractivity (Wildman–Crippen MR) is 74.8 cm³/mol. The second kappa shape index (κ2) is 6.33. The summed E-state index contributed by atoms with van der Waals surface area (Å²) >= 11 is 4.72. The molecule has 4 nitrogen and oxygen atoms in total. The lowest BCUT2D eigenvalue weighted by molar-refractivity contribution is -0.121. The maximum absolute atomic E-state index is 11.7. The van der Waals surface area contributed by atoms with Crippen molar-refractivity contribution in [3.05, 3.63) is 20.8 Å². The molecule has 98 valence electrons. The third-order valence-electron chi connectivity index (χ3n) is 2.61. The molecule has 2 N–H and O–H groups in total. The molecule has 2 amide bonds. The second-order valence-electron chi connectivity index (χ2n) is 4.30. The first-order valence-electron chi connectivity index (χ1n) is 5.98. The topological polar surface area (TPSA) is 58.2 Å². The Bertz CT molecular complexity index is 443. The van der Waals surface area contributed by atoms with E-state index in [1.807, 2.05) is 6.07 Å². The smallest absolute Gasteiger partial charge is 0.261 e. The van der Waals surface area contributed by atoms with Gasteiger partial charge in [-0.25, -0.2) is 0 Å². The normalized spacial score (nSPS) is 14.3. The van der Waals surface area contributed by atoms with Gasteiger partial charge in [-0.2, -0.15) is 0 Å². The fourth-order valence-electron chi connectivity index (χ4n) is 1.50. The molecule has 0 atom stereocenters. The van der Waals surface area contributed by atoms with Crippen molar-refractivity contribution in [1.82, 2.24) is 10.6 Å². The molecule has 0 spiro atoms. The molecule has 6 heteroatoms. The Labute approximate surface area is 118 Å². The van der Waals surface area contributed by atoms with Gasteiger partial charge in [0.05, 0.1) is 8.66 Å². The van der Waals surface area contributed by atoms with E-state index in [1.165, 1.54) is 11.3 Å². The summed E-state index contributed by atoms with van der Waals surface area (Å²) in [4.78, 5) is 23.7. The average molecular weight is 331 g/mol. The van der Waals surface area contributed by atoms with Crippen LogP contribution in [0.5, 0.6) is 0 Å². The summed E-state index contributed by atoms with van der Waals surface area (Å²) in [5, 5.41) is 5.73. The molecule has 1 aromatic rings. The molecule has 0 unspecified atom stereocenters. The Morgan fingerprint density at radius 1 is 1.39 bits per heavy atom. The van der Waals surface area contributed by atoms with Crippen molar-refractivity contribution in [2.75, 3.05) is 6.54 Å². The van der Waals surface area contributed by atoms with Crippen molar-refractivity contribution in [1.29, 1.82) is 0 Å². The number of amides is 2. The Balaban J connectivity index is 1.59. The fourth-order valence-corrected chi connectivity index (χ4v) is 2.80. The van der Waals surface area contributed by atoms with Gasteiger partial charge in [0.1, 0.15) is 0 Å². The molecule has 1 heterocycles. The van der Waals surface area contributed by atoms with Crippen molar-refractivity contribution in [2.45, 2.75) is 31.7 Å². The zero-order valence-corrected chi connectivity index (χ0v) is 12.3. The Morgan fingerprint density at radius 3 is 2.78 bits per heavy atom. The molecule has 1 aromatic heterocycles. The molecular weight excluding hydrogens is 316 g/mol. The molecule has 0 aliphatic heterocycles. The van der Waals surface area contributed by atoms with Crippen LogP contribution in [0.1, 0.15) is 35.4 Å².